The van der Waals surface area contributed by atoms with E-state index in [1.807, 2.05) is 0 Å². The maximum Gasteiger partial charge on any atom is 0.145 e. The molecule has 0 atom stereocenters. The third-order valence-electron chi connectivity index (χ3n) is 1.92. The SMILES string of the molecule is COc1cc(C(C)(C)O)cc(F)c1Cl. The van der Waals surface area contributed by atoms with Crippen LogP contribution < -0.4 is 4.74 Å². The van der Waals surface area contributed by atoms with Crippen LogP contribution >= 0.6 is 11.6 Å². The molecule has 1 N–H and O–H groups in total. The highest BCUT2D eigenvalue weighted by molar-refractivity contribution is 6.32. The number of ether oxygens (including phenoxy) is 1. The quantitative estimate of drug-likeness (QED) is 0.827. The molecule has 0 heterocycles. The van der Waals surface area contributed by atoms with Gasteiger partial charge in [0.25, 0.3) is 0 Å². The van der Waals surface area contributed by atoms with Gasteiger partial charge in [0.2, 0.25) is 0 Å². The maximum absolute atomic E-state index is 13.2. The lowest BCUT2D eigenvalue weighted by Gasteiger charge is -2.19. The molecule has 0 aliphatic rings. The van der Waals surface area contributed by atoms with Crippen LogP contribution in [0.5, 0.6) is 5.75 Å². The molecule has 4 heteroatoms. The van der Waals surface area contributed by atoms with Gasteiger partial charge in [-0.05, 0) is 31.5 Å². The van der Waals surface area contributed by atoms with Gasteiger partial charge in [0.15, 0.2) is 0 Å². The fourth-order valence-corrected chi connectivity index (χ4v) is 1.25. The second-order valence-electron chi connectivity index (χ2n) is 3.53. The molecule has 78 valence electrons. The number of rotatable bonds is 2. The molecule has 0 saturated carbocycles. The van der Waals surface area contributed by atoms with Gasteiger partial charge in [-0.3, -0.25) is 0 Å². The van der Waals surface area contributed by atoms with E-state index in [-0.39, 0.29) is 10.8 Å². The van der Waals surface area contributed by atoms with Crippen LogP contribution in [0.3, 0.4) is 0 Å². The molecule has 14 heavy (non-hydrogen) atoms. The van der Waals surface area contributed by atoms with Gasteiger partial charge in [0.1, 0.15) is 16.6 Å². The monoisotopic (exact) mass is 218 g/mol. The first kappa shape index (κ1) is 11.3. The molecule has 1 aromatic rings. The van der Waals surface area contributed by atoms with Crippen molar-refractivity contribution in [3.8, 4) is 5.75 Å². The van der Waals surface area contributed by atoms with Gasteiger partial charge in [0, 0.05) is 0 Å². The van der Waals surface area contributed by atoms with Crippen LogP contribution in [-0.2, 0) is 5.60 Å². The lowest BCUT2D eigenvalue weighted by atomic mass is 9.98. The second kappa shape index (κ2) is 3.75. The summed E-state index contributed by atoms with van der Waals surface area (Å²) >= 11 is 5.63. The number of aliphatic hydroxyl groups is 1. The lowest BCUT2D eigenvalue weighted by Crippen LogP contribution is -2.15. The van der Waals surface area contributed by atoms with Crippen molar-refractivity contribution in [2.45, 2.75) is 19.4 Å². The molecular formula is C10H12ClFO2. The summed E-state index contributed by atoms with van der Waals surface area (Å²) < 4.78 is 18.1. The van der Waals surface area contributed by atoms with Gasteiger partial charge in [-0.15, -0.1) is 0 Å². The minimum absolute atomic E-state index is 0.0690. The third-order valence-corrected chi connectivity index (χ3v) is 2.29. The summed E-state index contributed by atoms with van der Waals surface area (Å²) in [5.74, 6) is -0.369. The number of hydrogen-bond acceptors (Lipinski definition) is 2. The van der Waals surface area contributed by atoms with Gasteiger partial charge in [0.05, 0.1) is 12.7 Å². The lowest BCUT2D eigenvalue weighted by molar-refractivity contribution is 0.0779. The van der Waals surface area contributed by atoms with Crippen molar-refractivity contribution in [1.82, 2.24) is 0 Å². The average Bonchev–Trinajstić information content (AvgIpc) is 2.07. The topological polar surface area (TPSA) is 29.5 Å². The van der Waals surface area contributed by atoms with E-state index < -0.39 is 11.4 Å². The smallest absolute Gasteiger partial charge is 0.145 e. The molecule has 0 aliphatic carbocycles. The number of hydrogen-bond donors (Lipinski definition) is 1. The van der Waals surface area contributed by atoms with Crippen LogP contribution in [-0.4, -0.2) is 12.2 Å². The van der Waals surface area contributed by atoms with Crippen molar-refractivity contribution in [3.05, 3.63) is 28.5 Å². The van der Waals surface area contributed by atoms with Crippen LogP contribution in [0.4, 0.5) is 4.39 Å². The predicted octanol–water partition coefficient (Wildman–Crippen LogP) is 2.72. The minimum atomic E-state index is -1.11. The van der Waals surface area contributed by atoms with E-state index in [4.69, 9.17) is 16.3 Å². The molecule has 0 spiro atoms. The molecule has 0 bridgehead atoms. The van der Waals surface area contributed by atoms with Crippen LogP contribution in [0.1, 0.15) is 19.4 Å². The standard InChI is InChI=1S/C10H12ClFO2/c1-10(2,13)6-4-7(12)9(11)8(5-6)14-3/h4-5,13H,1-3H3. The summed E-state index contributed by atoms with van der Waals surface area (Å²) in [6, 6.07) is 2.72. The van der Waals surface area contributed by atoms with Crippen molar-refractivity contribution in [2.75, 3.05) is 7.11 Å². The van der Waals surface area contributed by atoms with Crippen molar-refractivity contribution in [2.24, 2.45) is 0 Å². The minimum Gasteiger partial charge on any atom is -0.495 e. The zero-order valence-corrected chi connectivity index (χ0v) is 9.02. The average molecular weight is 219 g/mol. The Labute approximate surface area is 87.3 Å². The molecule has 0 unspecified atom stereocenters. The van der Waals surface area contributed by atoms with Gasteiger partial charge in [-0.1, -0.05) is 11.6 Å². The fraction of sp³-hybridized carbons (Fsp3) is 0.400. The number of benzene rings is 1. The largest absolute Gasteiger partial charge is 0.495 e. The number of halogens is 2. The van der Waals surface area contributed by atoms with Crippen molar-refractivity contribution >= 4 is 11.6 Å². The molecule has 0 amide bonds. The molecule has 0 saturated heterocycles. The van der Waals surface area contributed by atoms with E-state index >= 15 is 0 Å². The van der Waals surface area contributed by atoms with E-state index in [2.05, 4.69) is 0 Å². The highest BCUT2D eigenvalue weighted by Gasteiger charge is 2.20. The van der Waals surface area contributed by atoms with Crippen LogP contribution in [0.2, 0.25) is 5.02 Å². The zero-order chi connectivity index (χ0) is 10.9. The van der Waals surface area contributed by atoms with E-state index in [1.165, 1.54) is 19.2 Å². The van der Waals surface area contributed by atoms with E-state index in [9.17, 15) is 9.50 Å². The normalized spacial score (nSPS) is 11.6. The Morgan fingerprint density at radius 2 is 2.00 bits per heavy atom. The summed E-state index contributed by atoms with van der Waals surface area (Å²) in [6.07, 6.45) is 0. The highest BCUT2D eigenvalue weighted by atomic mass is 35.5. The van der Waals surface area contributed by atoms with E-state index in [1.54, 1.807) is 13.8 Å². The number of methoxy groups -OCH3 is 1. The Hall–Kier alpha value is -0.800. The van der Waals surface area contributed by atoms with Gasteiger partial charge >= 0.3 is 0 Å². The molecule has 0 radical (unpaired) electrons. The second-order valence-corrected chi connectivity index (χ2v) is 3.91. The predicted molar refractivity (Wildman–Crippen MR) is 53.2 cm³/mol. The van der Waals surface area contributed by atoms with Crippen molar-refractivity contribution in [1.29, 1.82) is 0 Å². The molecule has 0 fully saturated rings. The van der Waals surface area contributed by atoms with Crippen LogP contribution in [0, 0.1) is 5.82 Å². The third kappa shape index (κ3) is 2.16. The van der Waals surface area contributed by atoms with E-state index in [0.29, 0.717) is 5.56 Å². The van der Waals surface area contributed by atoms with Gasteiger partial charge < -0.3 is 9.84 Å². The van der Waals surface area contributed by atoms with Crippen molar-refractivity contribution in [3.63, 3.8) is 0 Å². The summed E-state index contributed by atoms with van der Waals surface area (Å²) in [5.41, 5.74) is -0.685. The first-order valence-electron chi connectivity index (χ1n) is 4.12. The van der Waals surface area contributed by atoms with E-state index in [0.717, 1.165) is 0 Å². The van der Waals surface area contributed by atoms with Crippen LogP contribution in [0.15, 0.2) is 12.1 Å². The Morgan fingerprint density at radius 3 is 2.43 bits per heavy atom. The van der Waals surface area contributed by atoms with Gasteiger partial charge in [-0.25, -0.2) is 4.39 Å². The Morgan fingerprint density at radius 1 is 1.43 bits per heavy atom. The Balaban J connectivity index is 3.30. The van der Waals surface area contributed by atoms with Gasteiger partial charge in [-0.2, -0.15) is 0 Å². The summed E-state index contributed by atoms with van der Waals surface area (Å²) in [5, 5.41) is 9.59. The summed E-state index contributed by atoms with van der Waals surface area (Å²) in [7, 11) is 1.40. The molecule has 0 aliphatic heterocycles. The Kier molecular flexibility index (Phi) is 3.02. The fourth-order valence-electron chi connectivity index (χ4n) is 1.07. The zero-order valence-electron chi connectivity index (χ0n) is 8.27. The highest BCUT2D eigenvalue weighted by Crippen LogP contribution is 2.32. The van der Waals surface area contributed by atoms with Crippen molar-refractivity contribution < 1.29 is 14.2 Å². The molecule has 0 aromatic heterocycles. The first-order valence-corrected chi connectivity index (χ1v) is 4.50. The Bertz CT molecular complexity index is 345. The summed E-state index contributed by atoms with van der Waals surface area (Å²) in [6.45, 7) is 3.13. The molecule has 2 nitrogen and oxygen atoms in total. The molecular weight excluding hydrogens is 207 g/mol. The molecule has 1 rings (SSSR count). The van der Waals surface area contributed by atoms with Crippen LogP contribution in [0.25, 0.3) is 0 Å². The first-order chi connectivity index (χ1) is 6.36. The maximum atomic E-state index is 13.2. The summed E-state index contributed by atoms with van der Waals surface area (Å²) in [4.78, 5) is 0. The molecule has 1 aromatic carbocycles.